The molecule has 0 aliphatic carbocycles. The van der Waals surface area contributed by atoms with E-state index in [-0.39, 0.29) is 17.5 Å². The summed E-state index contributed by atoms with van der Waals surface area (Å²) in [5.74, 6) is -1.37. The van der Waals surface area contributed by atoms with E-state index in [0.717, 1.165) is 12.8 Å². The molecule has 2 atom stereocenters. The maximum Gasteiger partial charge on any atom is 0.290 e. The number of aliphatic hydroxyl groups is 1. The van der Waals surface area contributed by atoms with Crippen LogP contribution in [0.25, 0.3) is 0 Å². The number of ether oxygens (including phenoxy) is 1. The first-order chi connectivity index (χ1) is 11.0. The van der Waals surface area contributed by atoms with Gasteiger partial charge in [0, 0.05) is 18.2 Å². The SMILES string of the molecule is CC(=O)C1=C(O)C(=O)N(C[C@@H]2CCCO2)[C@H]1c1ccccc1Cl. The summed E-state index contributed by atoms with van der Waals surface area (Å²) in [6.07, 6.45) is 1.72. The van der Waals surface area contributed by atoms with Crippen molar-refractivity contribution < 1.29 is 19.4 Å². The first kappa shape index (κ1) is 16.0. The number of hydrogen-bond donors (Lipinski definition) is 1. The molecule has 23 heavy (non-hydrogen) atoms. The van der Waals surface area contributed by atoms with Crippen LogP contribution in [0.5, 0.6) is 0 Å². The average molecular weight is 336 g/mol. The van der Waals surface area contributed by atoms with Crippen LogP contribution in [0.1, 0.15) is 31.4 Å². The van der Waals surface area contributed by atoms with E-state index in [1.54, 1.807) is 24.3 Å². The van der Waals surface area contributed by atoms with Crippen molar-refractivity contribution in [2.75, 3.05) is 13.2 Å². The maximum absolute atomic E-state index is 12.5. The van der Waals surface area contributed by atoms with E-state index in [1.165, 1.54) is 11.8 Å². The summed E-state index contributed by atoms with van der Waals surface area (Å²) in [4.78, 5) is 26.0. The third-order valence-corrected chi connectivity index (χ3v) is 4.65. The summed E-state index contributed by atoms with van der Waals surface area (Å²) in [6, 6.07) is 6.38. The molecule has 1 amide bonds. The summed E-state index contributed by atoms with van der Waals surface area (Å²) in [5.41, 5.74) is 0.732. The van der Waals surface area contributed by atoms with Crippen LogP contribution in [0.15, 0.2) is 35.6 Å². The highest BCUT2D eigenvalue weighted by Crippen LogP contribution is 2.40. The topological polar surface area (TPSA) is 66.8 Å². The minimum Gasteiger partial charge on any atom is -0.503 e. The Bertz CT molecular complexity index is 679. The van der Waals surface area contributed by atoms with Gasteiger partial charge >= 0.3 is 0 Å². The van der Waals surface area contributed by atoms with Crippen molar-refractivity contribution in [3.05, 3.63) is 46.2 Å². The molecular weight excluding hydrogens is 318 g/mol. The minimum absolute atomic E-state index is 0.0805. The molecule has 5 nitrogen and oxygen atoms in total. The Morgan fingerprint density at radius 1 is 1.43 bits per heavy atom. The molecule has 2 heterocycles. The number of Topliss-reactive ketones (excluding diaryl/α,β-unsaturated/α-hetero) is 1. The van der Waals surface area contributed by atoms with Crippen molar-refractivity contribution in [3.8, 4) is 0 Å². The Morgan fingerprint density at radius 3 is 2.78 bits per heavy atom. The Kier molecular flexibility index (Phi) is 4.41. The highest BCUT2D eigenvalue weighted by atomic mass is 35.5. The Hall–Kier alpha value is -1.85. The number of rotatable bonds is 4. The van der Waals surface area contributed by atoms with Gasteiger partial charge < -0.3 is 14.7 Å². The second-order valence-electron chi connectivity index (χ2n) is 5.84. The monoisotopic (exact) mass is 335 g/mol. The van der Waals surface area contributed by atoms with E-state index in [2.05, 4.69) is 0 Å². The van der Waals surface area contributed by atoms with Crippen molar-refractivity contribution in [3.63, 3.8) is 0 Å². The van der Waals surface area contributed by atoms with Crippen molar-refractivity contribution in [2.45, 2.75) is 31.9 Å². The van der Waals surface area contributed by atoms with Gasteiger partial charge in [0.05, 0.1) is 17.7 Å². The summed E-state index contributed by atoms with van der Waals surface area (Å²) < 4.78 is 5.60. The summed E-state index contributed by atoms with van der Waals surface area (Å²) >= 11 is 6.27. The van der Waals surface area contributed by atoms with E-state index < -0.39 is 17.7 Å². The number of amides is 1. The molecule has 1 saturated heterocycles. The van der Waals surface area contributed by atoms with Crippen LogP contribution in [0, 0.1) is 0 Å². The van der Waals surface area contributed by atoms with Gasteiger partial charge in [0.1, 0.15) is 0 Å². The van der Waals surface area contributed by atoms with Crippen LogP contribution >= 0.6 is 11.6 Å². The fourth-order valence-electron chi connectivity index (χ4n) is 3.23. The molecule has 122 valence electrons. The fraction of sp³-hybridized carbons (Fsp3) is 0.412. The van der Waals surface area contributed by atoms with Gasteiger partial charge in [-0.05, 0) is 31.4 Å². The molecule has 1 aromatic carbocycles. The molecule has 0 aromatic heterocycles. The zero-order chi connectivity index (χ0) is 16.6. The lowest BCUT2D eigenvalue weighted by molar-refractivity contribution is -0.131. The zero-order valence-corrected chi connectivity index (χ0v) is 13.5. The molecule has 0 spiro atoms. The van der Waals surface area contributed by atoms with Gasteiger partial charge in [-0.2, -0.15) is 0 Å². The number of carbonyl (C=O) groups is 2. The molecule has 1 aromatic rings. The predicted molar refractivity (Wildman–Crippen MR) is 85.2 cm³/mol. The number of benzene rings is 1. The molecule has 6 heteroatoms. The number of halogens is 1. The Balaban J connectivity index is 2.02. The Morgan fingerprint density at radius 2 is 2.17 bits per heavy atom. The molecular formula is C17H18ClNO4. The van der Waals surface area contributed by atoms with Crippen LogP contribution in [0.3, 0.4) is 0 Å². The zero-order valence-electron chi connectivity index (χ0n) is 12.8. The van der Waals surface area contributed by atoms with Crippen LogP contribution in [-0.2, 0) is 14.3 Å². The van der Waals surface area contributed by atoms with E-state index in [4.69, 9.17) is 16.3 Å². The maximum atomic E-state index is 12.5. The molecule has 0 radical (unpaired) electrons. The van der Waals surface area contributed by atoms with E-state index >= 15 is 0 Å². The molecule has 0 unspecified atom stereocenters. The molecule has 1 N–H and O–H groups in total. The fourth-order valence-corrected chi connectivity index (χ4v) is 3.47. The van der Waals surface area contributed by atoms with E-state index in [1.807, 2.05) is 0 Å². The van der Waals surface area contributed by atoms with Crippen molar-refractivity contribution in [1.82, 2.24) is 4.90 Å². The van der Waals surface area contributed by atoms with Crippen LogP contribution < -0.4 is 0 Å². The lowest BCUT2D eigenvalue weighted by atomic mass is 9.96. The van der Waals surface area contributed by atoms with Gasteiger partial charge in [-0.3, -0.25) is 9.59 Å². The molecule has 0 bridgehead atoms. The van der Waals surface area contributed by atoms with E-state index in [0.29, 0.717) is 23.7 Å². The number of carbonyl (C=O) groups excluding carboxylic acids is 2. The first-order valence-electron chi connectivity index (χ1n) is 7.61. The normalized spacial score (nSPS) is 24.6. The smallest absolute Gasteiger partial charge is 0.290 e. The molecule has 3 rings (SSSR count). The number of hydrogen-bond acceptors (Lipinski definition) is 4. The van der Waals surface area contributed by atoms with Gasteiger partial charge in [-0.25, -0.2) is 0 Å². The first-order valence-corrected chi connectivity index (χ1v) is 7.99. The standard InChI is InChI=1S/C17H18ClNO4/c1-10(20)14-15(12-6-2-3-7-13(12)18)19(17(22)16(14)21)9-11-5-4-8-23-11/h2-3,6-7,11,15,21H,4-5,8-9H2,1H3/t11-,15-/m0/s1. The van der Waals surface area contributed by atoms with Gasteiger partial charge in [-0.1, -0.05) is 29.8 Å². The molecule has 2 aliphatic heterocycles. The minimum atomic E-state index is -0.669. The molecule has 2 aliphatic rings. The van der Waals surface area contributed by atoms with Crippen LogP contribution in [-0.4, -0.2) is 41.0 Å². The molecule has 0 saturated carbocycles. The highest BCUT2D eigenvalue weighted by molar-refractivity contribution is 6.31. The molecule has 1 fully saturated rings. The van der Waals surface area contributed by atoms with Gasteiger partial charge in [0.25, 0.3) is 5.91 Å². The van der Waals surface area contributed by atoms with Crippen LogP contribution in [0.2, 0.25) is 5.02 Å². The van der Waals surface area contributed by atoms with Crippen molar-refractivity contribution >= 4 is 23.3 Å². The number of aliphatic hydroxyl groups excluding tert-OH is 1. The van der Waals surface area contributed by atoms with Crippen molar-refractivity contribution in [1.29, 1.82) is 0 Å². The predicted octanol–water partition coefficient (Wildman–Crippen LogP) is 2.80. The average Bonchev–Trinajstić information content (AvgIpc) is 3.10. The number of nitrogens with zero attached hydrogens (tertiary/aromatic N) is 1. The Labute approximate surface area is 139 Å². The summed E-state index contributed by atoms with van der Waals surface area (Å²) in [7, 11) is 0. The summed E-state index contributed by atoms with van der Waals surface area (Å²) in [6.45, 7) is 2.34. The second-order valence-corrected chi connectivity index (χ2v) is 6.24. The highest BCUT2D eigenvalue weighted by Gasteiger charge is 2.44. The lowest BCUT2D eigenvalue weighted by Gasteiger charge is -2.29. The third-order valence-electron chi connectivity index (χ3n) is 4.31. The lowest BCUT2D eigenvalue weighted by Crippen LogP contribution is -2.37. The quantitative estimate of drug-likeness (QED) is 0.918. The van der Waals surface area contributed by atoms with Crippen molar-refractivity contribution in [2.24, 2.45) is 0 Å². The van der Waals surface area contributed by atoms with E-state index in [9.17, 15) is 14.7 Å². The number of ketones is 1. The largest absolute Gasteiger partial charge is 0.503 e. The second kappa shape index (κ2) is 6.34. The van der Waals surface area contributed by atoms with Gasteiger partial charge in [0.2, 0.25) is 0 Å². The summed E-state index contributed by atoms with van der Waals surface area (Å²) in [5, 5.41) is 10.6. The third kappa shape index (κ3) is 2.86. The van der Waals surface area contributed by atoms with Gasteiger partial charge in [-0.15, -0.1) is 0 Å². The van der Waals surface area contributed by atoms with Crippen LogP contribution in [0.4, 0.5) is 0 Å². The van der Waals surface area contributed by atoms with Gasteiger partial charge in [0.15, 0.2) is 11.5 Å².